The Bertz CT molecular complexity index is 622. The molecule has 1 heterocycles. The summed E-state index contributed by atoms with van der Waals surface area (Å²) in [7, 11) is -3.44. The molecule has 2 rings (SSSR count). The van der Waals surface area contributed by atoms with Crippen LogP contribution >= 0.6 is 11.3 Å². The molecule has 0 radical (unpaired) electrons. The van der Waals surface area contributed by atoms with Gasteiger partial charge in [0.05, 0.1) is 5.69 Å². The lowest BCUT2D eigenvalue weighted by molar-refractivity contribution is 0.584. The first-order valence-corrected chi connectivity index (χ1v) is 8.34. The van der Waals surface area contributed by atoms with Gasteiger partial charge in [-0.25, -0.2) is 13.1 Å². The zero-order valence-corrected chi connectivity index (χ0v) is 12.2. The Labute approximate surface area is 117 Å². The van der Waals surface area contributed by atoms with Crippen LogP contribution in [0.2, 0.25) is 0 Å². The van der Waals surface area contributed by atoms with E-state index in [1.807, 2.05) is 23.6 Å². The minimum absolute atomic E-state index is 0.286. The molecule has 0 unspecified atom stereocenters. The van der Waals surface area contributed by atoms with Gasteiger partial charge in [-0.1, -0.05) is 25.1 Å². The van der Waals surface area contributed by atoms with E-state index < -0.39 is 10.0 Å². The molecule has 0 amide bonds. The Morgan fingerprint density at radius 3 is 2.63 bits per heavy atom. The van der Waals surface area contributed by atoms with Crippen molar-refractivity contribution < 1.29 is 8.42 Å². The van der Waals surface area contributed by atoms with Crippen LogP contribution in [0.4, 0.5) is 5.69 Å². The molecule has 2 aromatic rings. The summed E-state index contributed by atoms with van der Waals surface area (Å²) in [6.45, 7) is 2.76. The number of sulfonamides is 1. The van der Waals surface area contributed by atoms with E-state index in [4.69, 9.17) is 0 Å². The van der Waals surface area contributed by atoms with Gasteiger partial charge >= 0.3 is 0 Å². The summed E-state index contributed by atoms with van der Waals surface area (Å²) < 4.78 is 26.6. The van der Waals surface area contributed by atoms with Crippen LogP contribution in [0.1, 0.15) is 11.8 Å². The average molecular weight is 296 g/mol. The molecule has 0 saturated carbocycles. The van der Waals surface area contributed by atoms with E-state index >= 15 is 0 Å². The summed E-state index contributed by atoms with van der Waals surface area (Å²) in [5.74, 6) is 0. The van der Waals surface area contributed by atoms with Gasteiger partial charge in [0.15, 0.2) is 0 Å². The first-order chi connectivity index (χ1) is 9.13. The van der Waals surface area contributed by atoms with Gasteiger partial charge in [0.2, 0.25) is 10.0 Å². The van der Waals surface area contributed by atoms with Gasteiger partial charge in [-0.3, -0.25) is 0 Å². The molecule has 1 aromatic carbocycles. The molecule has 0 aliphatic rings. The lowest BCUT2D eigenvalue weighted by atomic mass is 10.3. The van der Waals surface area contributed by atoms with E-state index in [0.29, 0.717) is 18.8 Å². The summed E-state index contributed by atoms with van der Waals surface area (Å²) in [4.78, 5) is 1.45. The summed E-state index contributed by atoms with van der Waals surface area (Å²) in [6.07, 6.45) is 0. The van der Waals surface area contributed by atoms with Crippen LogP contribution in [-0.4, -0.2) is 15.0 Å². The molecule has 0 aliphatic heterocycles. The Balaban J connectivity index is 2.21. The molecule has 6 heteroatoms. The van der Waals surface area contributed by atoms with Crippen LogP contribution in [-0.2, 0) is 16.6 Å². The number of hydrogen-bond acceptors (Lipinski definition) is 4. The molecule has 4 nitrogen and oxygen atoms in total. The van der Waals surface area contributed by atoms with Crippen molar-refractivity contribution >= 4 is 27.0 Å². The van der Waals surface area contributed by atoms with E-state index in [1.165, 1.54) is 0 Å². The van der Waals surface area contributed by atoms with Crippen molar-refractivity contribution in [3.05, 3.63) is 46.7 Å². The van der Waals surface area contributed by atoms with Crippen LogP contribution in [0.3, 0.4) is 0 Å². The highest BCUT2D eigenvalue weighted by Gasteiger charge is 2.16. The molecule has 0 bridgehead atoms. The van der Waals surface area contributed by atoms with Gasteiger partial charge in [0.25, 0.3) is 0 Å². The zero-order valence-electron chi connectivity index (χ0n) is 10.6. The number of anilines is 1. The van der Waals surface area contributed by atoms with Gasteiger partial charge < -0.3 is 5.32 Å². The van der Waals surface area contributed by atoms with E-state index in [2.05, 4.69) is 10.0 Å². The quantitative estimate of drug-likeness (QED) is 0.861. The average Bonchev–Trinajstić information content (AvgIpc) is 2.90. The predicted octanol–water partition coefficient (Wildman–Crippen LogP) is 2.66. The SMILES string of the molecule is CCNS(=O)(=O)c1ccccc1NCc1cccs1. The van der Waals surface area contributed by atoms with Crippen molar-refractivity contribution in [1.82, 2.24) is 4.72 Å². The van der Waals surface area contributed by atoms with E-state index in [0.717, 1.165) is 4.88 Å². The minimum atomic E-state index is -3.44. The summed E-state index contributed by atoms with van der Waals surface area (Å²) in [6, 6.07) is 10.9. The molecule has 0 aliphatic carbocycles. The summed E-state index contributed by atoms with van der Waals surface area (Å²) >= 11 is 1.64. The van der Waals surface area contributed by atoms with Crippen LogP contribution in [0.5, 0.6) is 0 Å². The third kappa shape index (κ3) is 3.56. The highest BCUT2D eigenvalue weighted by Crippen LogP contribution is 2.21. The van der Waals surface area contributed by atoms with Gasteiger partial charge in [-0.2, -0.15) is 0 Å². The zero-order chi connectivity index (χ0) is 13.7. The van der Waals surface area contributed by atoms with Crippen LogP contribution in [0, 0.1) is 0 Å². The standard InChI is InChI=1S/C13H16N2O2S2/c1-2-15-19(16,17)13-8-4-3-7-12(13)14-10-11-6-5-9-18-11/h3-9,14-15H,2,10H2,1H3. The monoisotopic (exact) mass is 296 g/mol. The molecular formula is C13H16N2O2S2. The van der Waals surface area contributed by atoms with Crippen molar-refractivity contribution in [2.45, 2.75) is 18.4 Å². The summed E-state index contributed by atoms with van der Waals surface area (Å²) in [5.41, 5.74) is 0.622. The predicted molar refractivity (Wildman–Crippen MR) is 79.0 cm³/mol. The number of hydrogen-bond donors (Lipinski definition) is 2. The second kappa shape index (κ2) is 6.18. The minimum Gasteiger partial charge on any atom is -0.379 e. The van der Waals surface area contributed by atoms with Crippen molar-refractivity contribution in [2.24, 2.45) is 0 Å². The molecule has 2 N–H and O–H groups in total. The molecule has 0 fully saturated rings. The van der Waals surface area contributed by atoms with Crippen molar-refractivity contribution in [3.63, 3.8) is 0 Å². The first kappa shape index (κ1) is 14.0. The topological polar surface area (TPSA) is 58.2 Å². The number of thiophene rings is 1. The molecule has 19 heavy (non-hydrogen) atoms. The smallest absolute Gasteiger partial charge is 0.242 e. The lowest BCUT2D eigenvalue weighted by Gasteiger charge is -2.12. The maximum atomic E-state index is 12.1. The first-order valence-electron chi connectivity index (χ1n) is 5.98. The van der Waals surface area contributed by atoms with Crippen LogP contribution in [0.15, 0.2) is 46.7 Å². The molecule has 0 spiro atoms. The van der Waals surface area contributed by atoms with Gasteiger partial charge in [-0.15, -0.1) is 11.3 Å². The Kier molecular flexibility index (Phi) is 4.57. The number of nitrogens with one attached hydrogen (secondary N) is 2. The van der Waals surface area contributed by atoms with E-state index in [9.17, 15) is 8.42 Å². The second-order valence-corrected chi connectivity index (χ2v) is 6.70. The Hall–Kier alpha value is -1.37. The van der Waals surface area contributed by atoms with Gasteiger partial charge in [0.1, 0.15) is 4.90 Å². The highest BCUT2D eigenvalue weighted by molar-refractivity contribution is 7.89. The number of para-hydroxylation sites is 1. The van der Waals surface area contributed by atoms with Crippen molar-refractivity contribution in [2.75, 3.05) is 11.9 Å². The van der Waals surface area contributed by atoms with Crippen LogP contribution in [0.25, 0.3) is 0 Å². The molecule has 0 saturated heterocycles. The number of benzene rings is 1. The maximum Gasteiger partial charge on any atom is 0.242 e. The highest BCUT2D eigenvalue weighted by atomic mass is 32.2. The number of rotatable bonds is 6. The maximum absolute atomic E-state index is 12.1. The molecule has 0 atom stereocenters. The van der Waals surface area contributed by atoms with E-state index in [1.54, 1.807) is 36.5 Å². The molecule has 102 valence electrons. The van der Waals surface area contributed by atoms with Crippen LogP contribution < -0.4 is 10.0 Å². The third-order valence-corrected chi connectivity index (χ3v) is 5.02. The van der Waals surface area contributed by atoms with Gasteiger partial charge in [0, 0.05) is 18.0 Å². The largest absolute Gasteiger partial charge is 0.379 e. The lowest BCUT2D eigenvalue weighted by Crippen LogP contribution is -2.24. The Morgan fingerprint density at radius 2 is 1.95 bits per heavy atom. The molecule has 1 aromatic heterocycles. The third-order valence-electron chi connectivity index (χ3n) is 2.54. The fourth-order valence-corrected chi connectivity index (χ4v) is 3.58. The van der Waals surface area contributed by atoms with Crippen molar-refractivity contribution in [1.29, 1.82) is 0 Å². The Morgan fingerprint density at radius 1 is 1.16 bits per heavy atom. The fraction of sp³-hybridized carbons (Fsp3) is 0.231. The fourth-order valence-electron chi connectivity index (χ4n) is 1.71. The summed E-state index contributed by atoms with van der Waals surface area (Å²) in [5, 5.41) is 5.17. The van der Waals surface area contributed by atoms with Gasteiger partial charge in [-0.05, 0) is 23.6 Å². The van der Waals surface area contributed by atoms with Crippen molar-refractivity contribution in [3.8, 4) is 0 Å². The normalized spacial score (nSPS) is 11.4. The second-order valence-electron chi connectivity index (χ2n) is 3.93. The van der Waals surface area contributed by atoms with E-state index in [-0.39, 0.29) is 4.90 Å². The molecular weight excluding hydrogens is 280 g/mol.